The topological polar surface area (TPSA) is 55.6 Å². The lowest BCUT2D eigenvalue weighted by atomic mass is 10.00. The summed E-state index contributed by atoms with van der Waals surface area (Å²) in [6.07, 6.45) is 1.88. The number of nitrogens with two attached hydrogens (primary N) is 1. The largest absolute Gasteiger partial charge is 0.494 e. The van der Waals surface area contributed by atoms with Gasteiger partial charge in [0.2, 0.25) is 0 Å². The number of thiophene rings is 1. The number of ether oxygens (including phenoxy) is 1. The summed E-state index contributed by atoms with van der Waals surface area (Å²) in [6.45, 7) is 10.3. The van der Waals surface area contributed by atoms with Gasteiger partial charge in [-0.15, -0.1) is 11.3 Å². The van der Waals surface area contributed by atoms with E-state index in [9.17, 15) is 4.79 Å². The van der Waals surface area contributed by atoms with E-state index in [1.54, 1.807) is 0 Å². The van der Waals surface area contributed by atoms with Gasteiger partial charge in [0.05, 0.1) is 17.2 Å². The first-order valence-corrected chi connectivity index (χ1v) is 9.76. The summed E-state index contributed by atoms with van der Waals surface area (Å²) in [5.74, 6) is 0.869. The van der Waals surface area contributed by atoms with Crippen LogP contribution < -0.4 is 10.5 Å². The fourth-order valence-corrected chi connectivity index (χ4v) is 3.97. The zero-order chi connectivity index (χ0) is 18.4. The van der Waals surface area contributed by atoms with Gasteiger partial charge in [-0.25, -0.2) is 0 Å². The van der Waals surface area contributed by atoms with Crippen LogP contribution in [-0.2, 0) is 0 Å². The minimum atomic E-state index is 0.0365. The number of hydrogen-bond acceptors (Lipinski definition) is 4. The molecule has 0 radical (unpaired) electrons. The maximum absolute atomic E-state index is 13.2. The molecule has 0 aliphatic rings. The lowest BCUT2D eigenvalue weighted by Gasteiger charge is -2.22. The monoisotopic (exact) mass is 360 g/mol. The Kier molecular flexibility index (Phi) is 6.88. The summed E-state index contributed by atoms with van der Waals surface area (Å²) >= 11 is 1.49. The van der Waals surface area contributed by atoms with Crippen LogP contribution in [-0.4, -0.2) is 30.5 Å². The Hall–Kier alpha value is -2.01. The number of amides is 1. The van der Waals surface area contributed by atoms with Crippen molar-refractivity contribution >= 4 is 22.2 Å². The third-order valence-corrected chi connectivity index (χ3v) is 4.99. The first-order chi connectivity index (χ1) is 12.0. The second-order valence-corrected chi connectivity index (χ2v) is 7.28. The Morgan fingerprint density at radius 1 is 1.12 bits per heavy atom. The molecule has 2 N–H and O–H groups in total. The summed E-state index contributed by atoms with van der Waals surface area (Å²) in [5, 5.41) is 0.601. The first-order valence-electron chi connectivity index (χ1n) is 8.94. The fraction of sp³-hybridized carbons (Fsp3) is 0.450. The molecule has 1 aromatic heterocycles. The molecule has 2 aromatic rings. The molecule has 2 rings (SSSR count). The molecule has 0 bridgehead atoms. The SMILES string of the molecule is CCCN(CCC)C(=O)c1c(N)sc(C)c1-c1ccc(OCC)cc1. The molecule has 0 unspecified atom stereocenters. The number of benzene rings is 1. The van der Waals surface area contributed by atoms with Gasteiger partial charge in [-0.1, -0.05) is 26.0 Å². The molecule has 5 heteroatoms. The van der Waals surface area contributed by atoms with Crippen LogP contribution in [0, 0.1) is 6.92 Å². The minimum absolute atomic E-state index is 0.0365. The number of carbonyl (C=O) groups is 1. The number of carbonyl (C=O) groups excluding carboxylic acids is 1. The van der Waals surface area contributed by atoms with Gasteiger partial charge in [0, 0.05) is 23.5 Å². The van der Waals surface area contributed by atoms with Gasteiger partial charge in [-0.3, -0.25) is 4.79 Å². The highest BCUT2D eigenvalue weighted by Gasteiger charge is 2.25. The number of nitrogen functional groups attached to an aromatic ring is 1. The molecule has 0 atom stereocenters. The fourth-order valence-electron chi connectivity index (χ4n) is 3.02. The van der Waals surface area contributed by atoms with Crippen molar-refractivity contribution in [2.45, 2.75) is 40.5 Å². The first kappa shape index (κ1) is 19.3. The van der Waals surface area contributed by atoms with Crippen LogP contribution >= 0.6 is 11.3 Å². The van der Waals surface area contributed by atoms with Crippen molar-refractivity contribution in [2.24, 2.45) is 0 Å². The van der Waals surface area contributed by atoms with Crippen LogP contribution in [0.15, 0.2) is 24.3 Å². The number of nitrogens with zero attached hydrogens (tertiary/aromatic N) is 1. The maximum Gasteiger partial charge on any atom is 0.257 e. The van der Waals surface area contributed by atoms with Gasteiger partial charge >= 0.3 is 0 Å². The number of anilines is 1. The maximum atomic E-state index is 13.2. The highest BCUT2D eigenvalue weighted by atomic mass is 32.1. The smallest absolute Gasteiger partial charge is 0.257 e. The predicted octanol–water partition coefficient (Wildman–Crippen LogP) is 4.97. The van der Waals surface area contributed by atoms with E-state index < -0.39 is 0 Å². The molecule has 4 nitrogen and oxygen atoms in total. The molecule has 1 aromatic carbocycles. The van der Waals surface area contributed by atoms with Crippen molar-refractivity contribution < 1.29 is 9.53 Å². The van der Waals surface area contributed by atoms with Crippen LogP contribution in [0.1, 0.15) is 48.8 Å². The predicted molar refractivity (Wildman–Crippen MR) is 107 cm³/mol. The molecule has 25 heavy (non-hydrogen) atoms. The molecule has 136 valence electrons. The average molecular weight is 361 g/mol. The molecule has 0 aliphatic heterocycles. The lowest BCUT2D eigenvalue weighted by molar-refractivity contribution is 0.0758. The molecule has 0 saturated carbocycles. The molecule has 0 fully saturated rings. The summed E-state index contributed by atoms with van der Waals surface area (Å²) < 4.78 is 5.51. The quantitative estimate of drug-likeness (QED) is 0.723. The summed E-state index contributed by atoms with van der Waals surface area (Å²) in [4.78, 5) is 16.1. The molecule has 1 amide bonds. The Morgan fingerprint density at radius 2 is 1.72 bits per heavy atom. The zero-order valence-electron chi connectivity index (χ0n) is 15.6. The van der Waals surface area contributed by atoms with Gasteiger partial charge in [-0.2, -0.15) is 0 Å². The van der Waals surface area contributed by atoms with Gasteiger partial charge in [0.25, 0.3) is 5.91 Å². The van der Waals surface area contributed by atoms with Crippen LogP contribution in [0.25, 0.3) is 11.1 Å². The summed E-state index contributed by atoms with van der Waals surface area (Å²) in [5.41, 5.74) is 8.84. The highest BCUT2D eigenvalue weighted by molar-refractivity contribution is 7.16. The average Bonchev–Trinajstić information content (AvgIpc) is 2.89. The van der Waals surface area contributed by atoms with E-state index in [-0.39, 0.29) is 5.91 Å². The van der Waals surface area contributed by atoms with Crippen molar-refractivity contribution in [1.82, 2.24) is 4.90 Å². The summed E-state index contributed by atoms with van der Waals surface area (Å²) in [6, 6.07) is 7.88. The molecule has 0 spiro atoms. The molecular weight excluding hydrogens is 332 g/mol. The van der Waals surface area contributed by atoms with Gasteiger partial charge in [0.1, 0.15) is 5.75 Å². The van der Waals surface area contributed by atoms with Crippen LogP contribution in [0.2, 0.25) is 0 Å². The number of aryl methyl sites for hydroxylation is 1. The van der Waals surface area contributed by atoms with E-state index >= 15 is 0 Å². The third kappa shape index (κ3) is 4.34. The molecule has 0 saturated heterocycles. The van der Waals surface area contributed by atoms with Crippen LogP contribution in [0.5, 0.6) is 5.75 Å². The number of hydrogen-bond donors (Lipinski definition) is 1. The minimum Gasteiger partial charge on any atom is -0.494 e. The third-order valence-electron chi connectivity index (χ3n) is 4.05. The Morgan fingerprint density at radius 3 is 2.24 bits per heavy atom. The standard InChI is InChI=1S/C20H28N2O2S/c1-5-12-22(13-6-2)20(23)18-17(14(4)25-19(18)21)15-8-10-16(11-9-15)24-7-3/h8-11H,5-7,12-13,21H2,1-4H3. The van der Waals surface area contributed by atoms with Gasteiger partial charge < -0.3 is 15.4 Å². The zero-order valence-corrected chi connectivity index (χ0v) is 16.4. The van der Waals surface area contributed by atoms with E-state index in [4.69, 9.17) is 10.5 Å². The van der Waals surface area contributed by atoms with Gasteiger partial charge in [-0.05, 0) is 44.4 Å². The Labute approximate surface area is 154 Å². The second kappa shape index (κ2) is 8.90. The number of rotatable bonds is 8. The summed E-state index contributed by atoms with van der Waals surface area (Å²) in [7, 11) is 0. The van der Waals surface area contributed by atoms with E-state index in [1.807, 2.05) is 43.0 Å². The van der Waals surface area contributed by atoms with Crippen LogP contribution in [0.3, 0.4) is 0 Å². The lowest BCUT2D eigenvalue weighted by Crippen LogP contribution is -2.33. The van der Waals surface area contributed by atoms with Crippen molar-refractivity contribution in [3.8, 4) is 16.9 Å². The van der Waals surface area contributed by atoms with Crippen molar-refractivity contribution in [3.63, 3.8) is 0 Å². The Bertz CT molecular complexity index is 701. The van der Waals surface area contributed by atoms with Crippen molar-refractivity contribution in [3.05, 3.63) is 34.7 Å². The van der Waals surface area contributed by atoms with E-state index in [1.165, 1.54) is 11.3 Å². The molecule has 0 aliphatic carbocycles. The normalized spacial score (nSPS) is 10.7. The van der Waals surface area contributed by atoms with E-state index in [2.05, 4.69) is 13.8 Å². The van der Waals surface area contributed by atoms with Crippen molar-refractivity contribution in [2.75, 3.05) is 25.4 Å². The Balaban J connectivity index is 2.44. The van der Waals surface area contributed by atoms with E-state index in [0.717, 1.165) is 47.7 Å². The van der Waals surface area contributed by atoms with Crippen LogP contribution in [0.4, 0.5) is 5.00 Å². The molecular formula is C20H28N2O2S. The highest BCUT2D eigenvalue weighted by Crippen LogP contribution is 2.39. The van der Waals surface area contributed by atoms with E-state index in [0.29, 0.717) is 17.2 Å². The van der Waals surface area contributed by atoms with Crippen molar-refractivity contribution in [1.29, 1.82) is 0 Å². The van der Waals surface area contributed by atoms with Gasteiger partial charge in [0.15, 0.2) is 0 Å². The second-order valence-electron chi connectivity index (χ2n) is 6.02. The molecule has 1 heterocycles.